The molecule has 2 aliphatic heterocycles. The number of rotatable bonds is 6. The minimum Gasteiger partial charge on any atom is -0.274 e. The summed E-state index contributed by atoms with van der Waals surface area (Å²) in [5, 5.41) is -0.959. The zero-order valence-corrected chi connectivity index (χ0v) is 19.6. The van der Waals surface area contributed by atoms with Crippen molar-refractivity contribution in [2.45, 2.75) is 33.1 Å². The van der Waals surface area contributed by atoms with Gasteiger partial charge in [0.25, 0.3) is 0 Å². The summed E-state index contributed by atoms with van der Waals surface area (Å²) in [4.78, 5) is 55.4. The van der Waals surface area contributed by atoms with Crippen molar-refractivity contribution in [3.05, 3.63) is 84.9 Å². The lowest BCUT2D eigenvalue weighted by Crippen LogP contribution is -2.32. The molecule has 2 heterocycles. The fourth-order valence-corrected chi connectivity index (χ4v) is 6.16. The SMILES string of the molecule is O=C1C[C@@H](Sc2ccccc2)C(=O)N1c1ccc(N2C(=O)C[C@@H](Sc3ccccc3)C2=O)cc1. The lowest BCUT2D eigenvalue weighted by molar-refractivity contribution is -0.122. The molecule has 34 heavy (non-hydrogen) atoms. The minimum absolute atomic E-state index is 0.127. The van der Waals surface area contributed by atoms with Crippen LogP contribution in [-0.2, 0) is 19.2 Å². The van der Waals surface area contributed by atoms with E-state index in [0.717, 1.165) is 9.79 Å². The first-order chi connectivity index (χ1) is 16.5. The lowest BCUT2D eigenvalue weighted by Gasteiger charge is -2.18. The van der Waals surface area contributed by atoms with Crippen LogP contribution in [0.1, 0.15) is 12.8 Å². The number of imide groups is 2. The summed E-state index contributed by atoms with van der Waals surface area (Å²) in [6.45, 7) is 0. The van der Waals surface area contributed by atoms with Gasteiger partial charge in [-0.1, -0.05) is 36.4 Å². The molecule has 0 bridgehead atoms. The van der Waals surface area contributed by atoms with Gasteiger partial charge in [-0.3, -0.25) is 19.2 Å². The Kier molecular flexibility index (Phi) is 6.26. The van der Waals surface area contributed by atoms with Crippen LogP contribution in [0.3, 0.4) is 0 Å². The molecule has 2 saturated heterocycles. The van der Waals surface area contributed by atoms with Crippen molar-refractivity contribution in [3.8, 4) is 0 Å². The van der Waals surface area contributed by atoms with E-state index in [1.54, 1.807) is 24.3 Å². The molecule has 0 aliphatic carbocycles. The van der Waals surface area contributed by atoms with Crippen LogP contribution in [0.25, 0.3) is 0 Å². The third-order valence-electron chi connectivity index (χ3n) is 5.62. The highest BCUT2D eigenvalue weighted by Crippen LogP contribution is 2.36. The molecule has 3 aromatic carbocycles. The molecule has 2 fully saturated rings. The predicted octanol–water partition coefficient (Wildman–Crippen LogP) is 4.54. The van der Waals surface area contributed by atoms with Crippen LogP contribution in [0.15, 0.2) is 94.7 Å². The van der Waals surface area contributed by atoms with Gasteiger partial charge in [-0.25, -0.2) is 9.80 Å². The lowest BCUT2D eigenvalue weighted by atomic mass is 10.2. The normalized spacial score (nSPS) is 20.5. The van der Waals surface area contributed by atoms with Gasteiger partial charge in [0.2, 0.25) is 23.6 Å². The van der Waals surface area contributed by atoms with Crippen LogP contribution in [-0.4, -0.2) is 34.1 Å². The Hall–Kier alpha value is -3.36. The van der Waals surface area contributed by atoms with E-state index in [2.05, 4.69) is 0 Å². The van der Waals surface area contributed by atoms with Crippen molar-refractivity contribution in [1.29, 1.82) is 0 Å². The Morgan fingerprint density at radius 3 is 1.24 bits per heavy atom. The Bertz CT molecular complexity index is 1150. The topological polar surface area (TPSA) is 74.8 Å². The van der Waals surface area contributed by atoms with Crippen molar-refractivity contribution >= 4 is 58.5 Å². The number of hydrogen-bond donors (Lipinski definition) is 0. The van der Waals surface area contributed by atoms with E-state index in [1.165, 1.54) is 33.3 Å². The summed E-state index contributed by atoms with van der Waals surface area (Å²) in [5.74, 6) is -1.06. The summed E-state index contributed by atoms with van der Waals surface area (Å²) in [5.41, 5.74) is 0.869. The van der Waals surface area contributed by atoms with Gasteiger partial charge < -0.3 is 0 Å². The quantitative estimate of drug-likeness (QED) is 0.475. The third-order valence-corrected chi connectivity index (χ3v) is 8.01. The molecule has 6 nitrogen and oxygen atoms in total. The van der Waals surface area contributed by atoms with Gasteiger partial charge in [0.05, 0.1) is 21.9 Å². The molecule has 8 heteroatoms. The second-order valence-electron chi connectivity index (χ2n) is 7.90. The molecule has 170 valence electrons. The molecule has 0 aromatic heterocycles. The highest BCUT2D eigenvalue weighted by atomic mass is 32.2. The molecular weight excluding hydrogens is 468 g/mol. The Labute approximate surface area is 205 Å². The maximum atomic E-state index is 12.9. The molecule has 0 saturated carbocycles. The number of thioether (sulfide) groups is 2. The molecule has 0 N–H and O–H groups in total. The molecule has 3 aromatic rings. The number of benzene rings is 3. The molecular formula is C26H20N2O4S2. The number of carbonyl (C=O) groups excluding carboxylic acids is 4. The fraction of sp³-hybridized carbons (Fsp3) is 0.154. The van der Waals surface area contributed by atoms with Crippen molar-refractivity contribution in [3.63, 3.8) is 0 Å². The number of anilines is 2. The van der Waals surface area contributed by atoms with E-state index in [0.29, 0.717) is 11.4 Å². The van der Waals surface area contributed by atoms with Gasteiger partial charge in [0.15, 0.2) is 0 Å². The monoisotopic (exact) mass is 488 g/mol. The van der Waals surface area contributed by atoms with Gasteiger partial charge in [0, 0.05) is 22.6 Å². The highest BCUT2D eigenvalue weighted by Gasteiger charge is 2.42. The Morgan fingerprint density at radius 1 is 0.529 bits per heavy atom. The summed E-state index contributed by atoms with van der Waals surface area (Å²) >= 11 is 2.75. The van der Waals surface area contributed by atoms with Gasteiger partial charge in [0.1, 0.15) is 0 Å². The maximum absolute atomic E-state index is 12.9. The second kappa shape index (κ2) is 9.48. The van der Waals surface area contributed by atoms with Crippen LogP contribution in [0, 0.1) is 0 Å². The van der Waals surface area contributed by atoms with Crippen molar-refractivity contribution in [2.75, 3.05) is 9.80 Å². The molecule has 0 radical (unpaired) electrons. The summed E-state index contributed by atoms with van der Waals surface area (Å²) in [6.07, 6.45) is 0.253. The fourth-order valence-electron chi connectivity index (χ4n) is 4.01. The second-order valence-corrected chi connectivity index (χ2v) is 10.5. The Morgan fingerprint density at radius 2 is 0.882 bits per heavy atom. The minimum atomic E-state index is -0.480. The van der Waals surface area contributed by atoms with Crippen LogP contribution in [0.4, 0.5) is 11.4 Å². The first-order valence-corrected chi connectivity index (χ1v) is 12.5. The average molecular weight is 489 g/mol. The van der Waals surface area contributed by atoms with Crippen LogP contribution < -0.4 is 9.80 Å². The molecule has 2 aliphatic rings. The van der Waals surface area contributed by atoms with Crippen molar-refractivity contribution < 1.29 is 19.2 Å². The first kappa shape index (κ1) is 22.4. The van der Waals surface area contributed by atoms with E-state index in [1.807, 2.05) is 60.7 Å². The third kappa shape index (κ3) is 4.38. The van der Waals surface area contributed by atoms with E-state index < -0.39 is 10.5 Å². The number of amides is 4. The van der Waals surface area contributed by atoms with E-state index in [-0.39, 0.29) is 36.5 Å². The van der Waals surface area contributed by atoms with Gasteiger partial charge >= 0.3 is 0 Å². The summed E-state index contributed by atoms with van der Waals surface area (Å²) in [7, 11) is 0. The van der Waals surface area contributed by atoms with E-state index in [4.69, 9.17) is 0 Å². The summed E-state index contributed by atoms with van der Waals surface area (Å²) in [6, 6.07) is 25.5. The zero-order valence-electron chi connectivity index (χ0n) is 18.0. The van der Waals surface area contributed by atoms with Crippen LogP contribution in [0.5, 0.6) is 0 Å². The number of carbonyl (C=O) groups is 4. The van der Waals surface area contributed by atoms with Crippen LogP contribution in [0.2, 0.25) is 0 Å². The molecule has 0 unspecified atom stereocenters. The van der Waals surface area contributed by atoms with E-state index >= 15 is 0 Å². The van der Waals surface area contributed by atoms with Crippen molar-refractivity contribution in [1.82, 2.24) is 0 Å². The maximum Gasteiger partial charge on any atom is 0.247 e. The number of hydrogen-bond acceptors (Lipinski definition) is 6. The first-order valence-electron chi connectivity index (χ1n) is 10.8. The summed E-state index contributed by atoms with van der Waals surface area (Å²) < 4.78 is 0. The van der Waals surface area contributed by atoms with Gasteiger partial charge in [-0.05, 0) is 48.5 Å². The Balaban J connectivity index is 1.30. The average Bonchev–Trinajstić information content (AvgIpc) is 3.28. The highest BCUT2D eigenvalue weighted by molar-refractivity contribution is 8.01. The van der Waals surface area contributed by atoms with Gasteiger partial charge in [-0.2, -0.15) is 0 Å². The molecule has 4 amide bonds. The van der Waals surface area contributed by atoms with Gasteiger partial charge in [-0.15, -0.1) is 23.5 Å². The zero-order chi connectivity index (χ0) is 23.7. The molecule has 2 atom stereocenters. The smallest absolute Gasteiger partial charge is 0.247 e. The number of nitrogens with zero attached hydrogens (tertiary/aromatic N) is 2. The predicted molar refractivity (Wildman–Crippen MR) is 133 cm³/mol. The van der Waals surface area contributed by atoms with E-state index in [9.17, 15) is 19.2 Å². The largest absolute Gasteiger partial charge is 0.274 e. The van der Waals surface area contributed by atoms with Crippen molar-refractivity contribution in [2.24, 2.45) is 0 Å². The standard InChI is InChI=1S/C26H20N2O4S2/c29-23-15-21(33-19-7-3-1-4-8-19)25(31)27(23)17-11-13-18(14-12-17)28-24(30)16-22(26(28)32)34-20-9-5-2-6-10-20/h1-14,21-22H,15-16H2/t21-,22-/m1/s1. The molecule has 5 rings (SSSR count). The molecule has 0 spiro atoms. The van der Waals surface area contributed by atoms with Crippen LogP contribution >= 0.6 is 23.5 Å².